The van der Waals surface area contributed by atoms with Crippen molar-refractivity contribution in [1.82, 2.24) is 30.8 Å². The Morgan fingerprint density at radius 3 is 2.34 bits per heavy atom. The Morgan fingerprint density at radius 1 is 0.957 bits per heavy atom. The highest BCUT2D eigenvalue weighted by Gasteiger charge is 2.44. The predicted octanol–water partition coefficient (Wildman–Crippen LogP) is 2.81. The Hall–Kier alpha value is -4.71. The molecule has 4 rings (SSSR count). The summed E-state index contributed by atoms with van der Waals surface area (Å²) in [6.07, 6.45) is 4.95. The predicted molar refractivity (Wildman–Crippen MR) is 176 cm³/mol. The van der Waals surface area contributed by atoms with Crippen LogP contribution in [0.3, 0.4) is 0 Å². The van der Waals surface area contributed by atoms with Crippen LogP contribution >= 0.6 is 0 Å². The van der Waals surface area contributed by atoms with E-state index in [0.717, 1.165) is 16.3 Å². The van der Waals surface area contributed by atoms with Gasteiger partial charge in [-0.1, -0.05) is 77.1 Å². The summed E-state index contributed by atoms with van der Waals surface area (Å²) in [6, 6.07) is 10.4. The van der Waals surface area contributed by atoms with Crippen molar-refractivity contribution < 1.29 is 28.7 Å². The van der Waals surface area contributed by atoms with Crippen LogP contribution in [0.4, 0.5) is 0 Å². The number of nitrogens with one attached hydrogen (secondary N) is 3. The summed E-state index contributed by atoms with van der Waals surface area (Å²) in [5, 5.41) is 10.4. The average molecular weight is 645 g/mol. The van der Waals surface area contributed by atoms with E-state index in [1.165, 1.54) is 23.5 Å². The minimum absolute atomic E-state index is 0.0589. The third-order valence-corrected chi connectivity index (χ3v) is 8.40. The lowest BCUT2D eigenvalue weighted by molar-refractivity contribution is -0.143. The van der Waals surface area contributed by atoms with Crippen LogP contribution in [0.1, 0.15) is 63.5 Å². The van der Waals surface area contributed by atoms with Crippen LogP contribution in [-0.4, -0.2) is 81.6 Å². The van der Waals surface area contributed by atoms with Crippen LogP contribution in [-0.2, 0) is 30.5 Å². The van der Waals surface area contributed by atoms with Gasteiger partial charge >= 0.3 is 0 Å². The van der Waals surface area contributed by atoms with E-state index in [-0.39, 0.29) is 37.1 Å². The van der Waals surface area contributed by atoms with Gasteiger partial charge in [0.15, 0.2) is 0 Å². The molecule has 0 unspecified atom stereocenters. The van der Waals surface area contributed by atoms with Crippen molar-refractivity contribution in [3.05, 3.63) is 72.3 Å². The molecule has 1 aliphatic heterocycles. The van der Waals surface area contributed by atoms with Gasteiger partial charge in [0.25, 0.3) is 5.91 Å². The van der Waals surface area contributed by atoms with Crippen LogP contribution in [0.15, 0.2) is 61.1 Å². The number of hydrogen-bond donors (Lipinski definition) is 3. The van der Waals surface area contributed by atoms with Crippen molar-refractivity contribution in [2.24, 2.45) is 11.8 Å². The zero-order valence-corrected chi connectivity index (χ0v) is 27.5. The molecular formula is C35H44N6O6. The van der Waals surface area contributed by atoms with Crippen molar-refractivity contribution >= 4 is 40.7 Å². The van der Waals surface area contributed by atoms with Gasteiger partial charge in [0.2, 0.25) is 17.7 Å². The molecule has 0 bridgehead atoms. The first-order chi connectivity index (χ1) is 22.5. The van der Waals surface area contributed by atoms with E-state index in [0.29, 0.717) is 12.7 Å². The summed E-state index contributed by atoms with van der Waals surface area (Å²) in [5.41, 5.74) is 1.04. The number of nitrogens with zero attached hydrogens (tertiary/aromatic N) is 3. The first kappa shape index (κ1) is 35.1. The minimum atomic E-state index is -1.00. The average Bonchev–Trinajstić information content (AvgIpc) is 3.51. The van der Waals surface area contributed by atoms with Gasteiger partial charge in [-0.05, 0) is 34.6 Å². The fourth-order valence-corrected chi connectivity index (χ4v) is 5.65. The molecule has 0 saturated carbocycles. The monoisotopic (exact) mass is 644 g/mol. The fourth-order valence-electron chi connectivity index (χ4n) is 5.65. The van der Waals surface area contributed by atoms with Crippen molar-refractivity contribution in [3.8, 4) is 0 Å². The molecule has 0 spiro atoms. The maximum absolute atomic E-state index is 14.2. The number of ether oxygens (including phenoxy) is 1. The molecule has 1 saturated heterocycles. The number of likely N-dealkylation sites (tertiary alicyclic amines) is 1. The Labute approximate surface area is 275 Å². The van der Waals surface area contributed by atoms with E-state index >= 15 is 0 Å². The number of amides is 4. The number of aldehydes is 1. The summed E-state index contributed by atoms with van der Waals surface area (Å²) < 4.78 is 6.30. The van der Waals surface area contributed by atoms with Gasteiger partial charge in [-0.2, -0.15) is 0 Å². The smallest absolute Gasteiger partial charge is 0.272 e. The van der Waals surface area contributed by atoms with Crippen LogP contribution in [0.5, 0.6) is 0 Å². The molecule has 0 radical (unpaired) electrons. The molecule has 5 atom stereocenters. The molecule has 250 valence electrons. The fraction of sp³-hybridized carbons (Fsp3) is 0.457. The van der Waals surface area contributed by atoms with Gasteiger partial charge in [-0.15, -0.1) is 0 Å². The van der Waals surface area contributed by atoms with Crippen molar-refractivity contribution in [1.29, 1.82) is 0 Å². The van der Waals surface area contributed by atoms with Crippen LogP contribution < -0.4 is 16.0 Å². The highest BCUT2D eigenvalue weighted by molar-refractivity contribution is 5.98. The molecule has 47 heavy (non-hydrogen) atoms. The third-order valence-electron chi connectivity index (χ3n) is 8.40. The summed E-state index contributed by atoms with van der Waals surface area (Å²) in [4.78, 5) is 74.9. The molecule has 12 nitrogen and oxygen atoms in total. The lowest BCUT2D eigenvalue weighted by Crippen LogP contribution is -2.59. The van der Waals surface area contributed by atoms with Crippen molar-refractivity contribution in [3.63, 3.8) is 0 Å². The normalized spacial score (nSPS) is 18.1. The summed E-state index contributed by atoms with van der Waals surface area (Å²) in [5.74, 6) is -2.69. The first-order valence-electron chi connectivity index (χ1n) is 16.1. The van der Waals surface area contributed by atoms with Gasteiger partial charge in [0, 0.05) is 25.4 Å². The van der Waals surface area contributed by atoms with E-state index in [1.54, 1.807) is 34.6 Å². The van der Waals surface area contributed by atoms with Gasteiger partial charge in [0.05, 0.1) is 24.9 Å². The molecule has 1 aliphatic rings. The molecule has 2 aromatic carbocycles. The number of fused-ring (bicyclic) bond motifs is 1. The van der Waals surface area contributed by atoms with Gasteiger partial charge in [-0.3, -0.25) is 24.2 Å². The third kappa shape index (κ3) is 8.76. The molecule has 12 heteroatoms. The van der Waals surface area contributed by atoms with Crippen LogP contribution in [0.25, 0.3) is 10.8 Å². The van der Waals surface area contributed by atoms with Crippen molar-refractivity contribution in [2.75, 3.05) is 6.54 Å². The van der Waals surface area contributed by atoms with E-state index in [4.69, 9.17) is 4.74 Å². The SMILES string of the molecule is CC[C@@H](C=O)NC(=O)[C@@H]1C[C@@H](OCc2cccc3ccccc23)CN1C(=O)[C@H](NC(=O)[C@H](NC(=O)c1cnccn1)C(C)C)C(C)C. The summed E-state index contributed by atoms with van der Waals surface area (Å²) in [7, 11) is 0. The van der Waals surface area contributed by atoms with Gasteiger partial charge in [-0.25, -0.2) is 4.98 Å². The molecule has 1 fully saturated rings. The number of carbonyl (C=O) groups excluding carboxylic acids is 5. The Morgan fingerprint density at radius 2 is 1.68 bits per heavy atom. The quantitative estimate of drug-likeness (QED) is 0.226. The maximum atomic E-state index is 14.2. The number of rotatable bonds is 14. The number of aromatic nitrogens is 2. The lowest BCUT2D eigenvalue weighted by Gasteiger charge is -2.32. The number of benzene rings is 2. The number of hydrogen-bond acceptors (Lipinski definition) is 8. The first-order valence-corrected chi connectivity index (χ1v) is 16.1. The molecule has 3 N–H and O–H groups in total. The van der Waals surface area contributed by atoms with Crippen LogP contribution in [0, 0.1) is 11.8 Å². The molecular weight excluding hydrogens is 600 g/mol. The standard InChI is InChI=1S/C35H44N6O6/c1-6-25(19-42)38-33(44)29-16-26(47-20-24-12-9-11-23-10-7-8-13-27(23)24)18-41(29)35(46)31(22(4)5)40-34(45)30(21(2)3)39-32(43)28-17-36-14-15-37-28/h7-15,17,19,21-22,25-26,29-31H,6,16,18,20H2,1-5H3,(H,38,44)(H,39,43)(H,40,45)/t25-,26+,29-,30+,31+/m0/s1. The molecule has 4 amide bonds. The topological polar surface area (TPSA) is 160 Å². The zero-order chi connectivity index (χ0) is 34.1. The lowest BCUT2D eigenvalue weighted by atomic mass is 9.98. The van der Waals surface area contributed by atoms with E-state index in [1.807, 2.05) is 42.5 Å². The maximum Gasteiger partial charge on any atom is 0.272 e. The summed E-state index contributed by atoms with van der Waals surface area (Å²) in [6.45, 7) is 9.34. The van der Waals surface area contributed by atoms with Crippen LogP contribution in [0.2, 0.25) is 0 Å². The molecule has 0 aliphatic carbocycles. The van der Waals surface area contributed by atoms with E-state index in [2.05, 4.69) is 25.9 Å². The summed E-state index contributed by atoms with van der Waals surface area (Å²) >= 11 is 0. The van der Waals surface area contributed by atoms with Gasteiger partial charge in [0.1, 0.15) is 30.1 Å². The molecule has 2 heterocycles. The minimum Gasteiger partial charge on any atom is -0.372 e. The number of carbonyl (C=O) groups is 5. The van der Waals surface area contributed by atoms with Gasteiger partial charge < -0.3 is 30.4 Å². The Kier molecular flexibility index (Phi) is 12.1. The second kappa shape index (κ2) is 16.2. The largest absolute Gasteiger partial charge is 0.372 e. The zero-order valence-electron chi connectivity index (χ0n) is 27.5. The second-order valence-electron chi connectivity index (χ2n) is 12.5. The highest BCUT2D eigenvalue weighted by atomic mass is 16.5. The Balaban J connectivity index is 1.53. The Bertz CT molecular complexity index is 1560. The van der Waals surface area contributed by atoms with Crippen molar-refractivity contribution in [2.45, 2.75) is 84.3 Å². The molecule has 1 aromatic heterocycles. The van der Waals surface area contributed by atoms with E-state index in [9.17, 15) is 24.0 Å². The second-order valence-corrected chi connectivity index (χ2v) is 12.5. The highest BCUT2D eigenvalue weighted by Crippen LogP contribution is 2.26. The van der Waals surface area contributed by atoms with E-state index < -0.39 is 53.9 Å². The molecule has 3 aromatic rings.